The lowest BCUT2D eigenvalue weighted by atomic mass is 9.92. The lowest BCUT2D eigenvalue weighted by molar-refractivity contribution is -0.131. The maximum Gasteiger partial charge on any atom is 0.243 e. The average molecular weight is 465 g/mol. The Morgan fingerprint density at radius 3 is 2.41 bits per heavy atom. The number of likely N-dealkylation sites (tertiary alicyclic amines) is 1. The summed E-state index contributed by atoms with van der Waals surface area (Å²) in [5, 5.41) is 3.25. The molecular weight excluding hydrogens is 424 g/mol. The van der Waals surface area contributed by atoms with Crippen LogP contribution in [0.3, 0.4) is 0 Å². The molecule has 2 saturated heterocycles. The van der Waals surface area contributed by atoms with E-state index in [0.717, 1.165) is 37.3 Å². The van der Waals surface area contributed by atoms with Gasteiger partial charge in [-0.15, -0.1) is 0 Å². The molecule has 0 bridgehead atoms. The van der Waals surface area contributed by atoms with Crippen molar-refractivity contribution in [2.24, 2.45) is 11.8 Å². The summed E-state index contributed by atoms with van der Waals surface area (Å²) in [6, 6.07) is 5.55. The Kier molecular flexibility index (Phi) is 8.72. The van der Waals surface area contributed by atoms with Crippen molar-refractivity contribution in [2.75, 3.05) is 58.9 Å². The van der Waals surface area contributed by atoms with Gasteiger partial charge in [-0.05, 0) is 49.3 Å². The fourth-order valence-electron chi connectivity index (χ4n) is 5.00. The van der Waals surface area contributed by atoms with Gasteiger partial charge >= 0.3 is 0 Å². The summed E-state index contributed by atoms with van der Waals surface area (Å²) in [4.78, 5) is 17.3. The number of nitrogens with zero attached hydrogens (tertiary/aromatic N) is 3. The molecule has 0 aromatic heterocycles. The molecule has 0 radical (unpaired) electrons. The quantitative estimate of drug-likeness (QED) is 0.638. The molecular formula is C24H40N4O3S. The van der Waals surface area contributed by atoms with Crippen LogP contribution in [0.5, 0.6) is 0 Å². The third-order valence-electron chi connectivity index (χ3n) is 6.62. The van der Waals surface area contributed by atoms with Crippen molar-refractivity contribution in [3.05, 3.63) is 29.3 Å². The molecule has 0 spiro atoms. The van der Waals surface area contributed by atoms with E-state index in [-0.39, 0.29) is 18.9 Å². The molecule has 2 aliphatic heterocycles. The lowest BCUT2D eigenvalue weighted by Gasteiger charge is -2.36. The highest BCUT2D eigenvalue weighted by Gasteiger charge is 2.29. The second-order valence-electron chi connectivity index (χ2n) is 9.76. The van der Waals surface area contributed by atoms with Crippen LogP contribution in [-0.4, -0.2) is 87.3 Å². The predicted octanol–water partition coefficient (Wildman–Crippen LogP) is 2.09. The van der Waals surface area contributed by atoms with E-state index in [1.807, 2.05) is 30.9 Å². The minimum Gasteiger partial charge on any atom is -0.340 e. The minimum absolute atomic E-state index is 0.0351. The van der Waals surface area contributed by atoms with E-state index in [1.165, 1.54) is 6.42 Å². The summed E-state index contributed by atoms with van der Waals surface area (Å²) in [5.41, 5.74) is 1.67. The van der Waals surface area contributed by atoms with Crippen LogP contribution in [-0.2, 0) is 14.8 Å². The second-order valence-corrected chi connectivity index (χ2v) is 11.7. The molecule has 1 amide bonds. The van der Waals surface area contributed by atoms with Gasteiger partial charge in [0.05, 0.1) is 4.90 Å². The van der Waals surface area contributed by atoms with E-state index in [4.69, 9.17) is 0 Å². The van der Waals surface area contributed by atoms with E-state index in [1.54, 1.807) is 10.4 Å². The summed E-state index contributed by atoms with van der Waals surface area (Å²) in [6.45, 7) is 14.6. The first kappa shape index (κ1) is 25.1. The van der Waals surface area contributed by atoms with Gasteiger partial charge in [0, 0.05) is 65.3 Å². The standard InChI is InChI=1S/C24H40N4O3S/c1-19-5-6-22(4)23(16-19)32(30,31)28(10-7-24(29)27-11-8-25-9-12-27)14-13-26-17-20(2)15-21(3)18-26/h5-6,16,20-21,25H,7-15,17-18H2,1-4H3. The zero-order chi connectivity index (χ0) is 23.3. The average Bonchev–Trinajstić information content (AvgIpc) is 2.75. The molecule has 3 rings (SSSR count). The number of carbonyl (C=O) groups is 1. The molecule has 1 aromatic rings. The van der Waals surface area contributed by atoms with Crippen molar-refractivity contribution in [3.63, 3.8) is 0 Å². The van der Waals surface area contributed by atoms with E-state index in [9.17, 15) is 13.2 Å². The maximum atomic E-state index is 13.7. The Bertz CT molecular complexity index is 873. The molecule has 8 heteroatoms. The summed E-state index contributed by atoms with van der Waals surface area (Å²) >= 11 is 0. The van der Waals surface area contributed by atoms with Gasteiger partial charge in [0.2, 0.25) is 15.9 Å². The van der Waals surface area contributed by atoms with Crippen LogP contribution in [0.2, 0.25) is 0 Å². The largest absolute Gasteiger partial charge is 0.340 e. The maximum absolute atomic E-state index is 13.7. The van der Waals surface area contributed by atoms with Crippen molar-refractivity contribution in [2.45, 2.75) is 45.4 Å². The fraction of sp³-hybridized carbons (Fsp3) is 0.708. The van der Waals surface area contributed by atoms with Gasteiger partial charge in [-0.1, -0.05) is 26.0 Å². The van der Waals surface area contributed by atoms with Crippen molar-refractivity contribution in [3.8, 4) is 0 Å². The number of carbonyl (C=O) groups excluding carboxylic acids is 1. The van der Waals surface area contributed by atoms with Crippen molar-refractivity contribution < 1.29 is 13.2 Å². The Labute approximate surface area is 194 Å². The second kappa shape index (κ2) is 11.1. The number of amides is 1. The van der Waals surface area contributed by atoms with Gasteiger partial charge < -0.3 is 15.1 Å². The summed E-state index contributed by atoms with van der Waals surface area (Å²) in [5.74, 6) is 1.28. The summed E-state index contributed by atoms with van der Waals surface area (Å²) in [7, 11) is -3.68. The van der Waals surface area contributed by atoms with Crippen molar-refractivity contribution >= 4 is 15.9 Å². The molecule has 0 saturated carbocycles. The molecule has 7 nitrogen and oxygen atoms in total. The van der Waals surface area contributed by atoms with Gasteiger partial charge in [0.25, 0.3) is 0 Å². The van der Waals surface area contributed by atoms with E-state index in [0.29, 0.717) is 42.9 Å². The molecule has 1 aromatic carbocycles. The number of hydrogen-bond donors (Lipinski definition) is 1. The van der Waals surface area contributed by atoms with Crippen molar-refractivity contribution in [1.29, 1.82) is 0 Å². The molecule has 2 unspecified atom stereocenters. The first-order valence-electron chi connectivity index (χ1n) is 11.9. The number of aryl methyl sites for hydroxylation is 2. The van der Waals surface area contributed by atoms with E-state index >= 15 is 0 Å². The molecule has 180 valence electrons. The predicted molar refractivity (Wildman–Crippen MR) is 128 cm³/mol. The van der Waals surface area contributed by atoms with Crippen LogP contribution in [0, 0.1) is 25.7 Å². The molecule has 2 heterocycles. The molecule has 0 aliphatic carbocycles. The Morgan fingerprint density at radius 2 is 1.75 bits per heavy atom. The monoisotopic (exact) mass is 464 g/mol. The highest BCUT2D eigenvalue weighted by molar-refractivity contribution is 7.89. The molecule has 32 heavy (non-hydrogen) atoms. The molecule has 2 atom stereocenters. The number of benzene rings is 1. The number of rotatable bonds is 8. The SMILES string of the molecule is Cc1ccc(C)c(S(=O)(=O)N(CCC(=O)N2CCNCC2)CCN2CC(C)CC(C)C2)c1. The van der Waals surface area contributed by atoms with Gasteiger partial charge in [-0.2, -0.15) is 4.31 Å². The van der Waals surface area contributed by atoms with Crippen LogP contribution in [0.4, 0.5) is 0 Å². The summed E-state index contributed by atoms with van der Waals surface area (Å²) < 4.78 is 28.9. The highest BCUT2D eigenvalue weighted by atomic mass is 32.2. The fourth-order valence-corrected chi connectivity index (χ4v) is 6.74. The van der Waals surface area contributed by atoms with Gasteiger partial charge in [-0.25, -0.2) is 8.42 Å². The van der Waals surface area contributed by atoms with E-state index < -0.39 is 10.0 Å². The normalized spacial score (nSPS) is 23.0. The molecule has 2 aliphatic rings. The zero-order valence-electron chi connectivity index (χ0n) is 20.1. The van der Waals surface area contributed by atoms with Crippen LogP contribution in [0.1, 0.15) is 37.8 Å². The van der Waals surface area contributed by atoms with Crippen molar-refractivity contribution in [1.82, 2.24) is 19.4 Å². The minimum atomic E-state index is -3.68. The Morgan fingerprint density at radius 1 is 1.09 bits per heavy atom. The van der Waals surface area contributed by atoms with Crippen LogP contribution < -0.4 is 5.32 Å². The van der Waals surface area contributed by atoms with Crippen LogP contribution in [0.25, 0.3) is 0 Å². The van der Waals surface area contributed by atoms with Crippen LogP contribution >= 0.6 is 0 Å². The molecule has 2 fully saturated rings. The van der Waals surface area contributed by atoms with Crippen LogP contribution in [0.15, 0.2) is 23.1 Å². The first-order valence-corrected chi connectivity index (χ1v) is 13.4. The smallest absolute Gasteiger partial charge is 0.243 e. The first-order chi connectivity index (χ1) is 15.2. The zero-order valence-corrected chi connectivity index (χ0v) is 21.0. The van der Waals surface area contributed by atoms with Gasteiger partial charge in [-0.3, -0.25) is 4.79 Å². The summed E-state index contributed by atoms with van der Waals surface area (Å²) in [6.07, 6.45) is 1.44. The number of piperidine rings is 1. The Balaban J connectivity index is 1.75. The third-order valence-corrected chi connectivity index (χ3v) is 8.66. The number of nitrogens with one attached hydrogen (secondary N) is 1. The number of hydrogen-bond acceptors (Lipinski definition) is 5. The number of piperazine rings is 1. The van der Waals surface area contributed by atoms with Gasteiger partial charge in [0.1, 0.15) is 0 Å². The number of sulfonamides is 1. The topological polar surface area (TPSA) is 73.0 Å². The molecule has 1 N–H and O–H groups in total. The van der Waals surface area contributed by atoms with Gasteiger partial charge in [0.15, 0.2) is 0 Å². The Hall–Kier alpha value is -1.48. The highest BCUT2D eigenvalue weighted by Crippen LogP contribution is 2.24. The van der Waals surface area contributed by atoms with E-state index in [2.05, 4.69) is 24.1 Å². The lowest BCUT2D eigenvalue weighted by Crippen LogP contribution is -2.48. The third kappa shape index (κ3) is 6.53.